The first-order valence-electron chi connectivity index (χ1n) is 10.3. The second-order valence-corrected chi connectivity index (χ2v) is 7.87. The molecule has 2 amide bonds. The molecule has 0 atom stereocenters. The summed E-state index contributed by atoms with van der Waals surface area (Å²) >= 11 is 0. The van der Waals surface area contributed by atoms with Crippen LogP contribution in [0.15, 0.2) is 36.7 Å². The van der Waals surface area contributed by atoms with Gasteiger partial charge in [-0.05, 0) is 43.7 Å². The van der Waals surface area contributed by atoms with E-state index in [1.54, 1.807) is 6.33 Å². The van der Waals surface area contributed by atoms with Gasteiger partial charge in [0, 0.05) is 31.2 Å². The number of aromatic nitrogens is 3. The van der Waals surface area contributed by atoms with E-state index in [1.807, 2.05) is 23.1 Å². The van der Waals surface area contributed by atoms with E-state index in [0.717, 1.165) is 56.7 Å². The standard InChI is InChI=1S/C21H29N5O/c27-21(23-18-7-3-1-4-8-18)25-13-11-17(12-14-25)15-20-24-22-16-26(20)19-9-5-2-6-10-19/h2,5-6,9-10,16-18H,1,3-4,7-8,11-15H2,(H,23,27). The zero-order valence-electron chi connectivity index (χ0n) is 15.9. The first kappa shape index (κ1) is 18.0. The van der Waals surface area contributed by atoms with Crippen LogP contribution in [-0.2, 0) is 6.42 Å². The van der Waals surface area contributed by atoms with Crippen molar-refractivity contribution in [2.45, 2.75) is 57.4 Å². The third-order valence-electron chi connectivity index (χ3n) is 5.96. The molecule has 2 aliphatic rings. The fraction of sp³-hybridized carbons (Fsp3) is 0.571. The molecule has 2 fully saturated rings. The van der Waals surface area contributed by atoms with Gasteiger partial charge in [0.15, 0.2) is 0 Å². The first-order chi connectivity index (χ1) is 13.3. The van der Waals surface area contributed by atoms with Crippen molar-refractivity contribution >= 4 is 6.03 Å². The summed E-state index contributed by atoms with van der Waals surface area (Å²) in [6.07, 6.45) is 10.8. The lowest BCUT2D eigenvalue weighted by molar-refractivity contribution is 0.164. The summed E-state index contributed by atoms with van der Waals surface area (Å²) in [4.78, 5) is 14.5. The lowest BCUT2D eigenvalue weighted by Gasteiger charge is -2.33. The number of benzene rings is 1. The van der Waals surface area contributed by atoms with E-state index in [0.29, 0.717) is 12.0 Å². The van der Waals surface area contributed by atoms with Crippen LogP contribution >= 0.6 is 0 Å². The summed E-state index contributed by atoms with van der Waals surface area (Å²) in [5.41, 5.74) is 1.10. The maximum atomic E-state index is 12.5. The van der Waals surface area contributed by atoms with Gasteiger partial charge in [-0.15, -0.1) is 10.2 Å². The van der Waals surface area contributed by atoms with Crippen LogP contribution in [-0.4, -0.2) is 44.8 Å². The van der Waals surface area contributed by atoms with E-state index in [1.165, 1.54) is 19.3 Å². The van der Waals surface area contributed by atoms with Gasteiger partial charge in [-0.2, -0.15) is 0 Å². The highest BCUT2D eigenvalue weighted by molar-refractivity contribution is 5.74. The van der Waals surface area contributed by atoms with E-state index >= 15 is 0 Å². The van der Waals surface area contributed by atoms with Crippen LogP contribution in [0.5, 0.6) is 0 Å². The van der Waals surface area contributed by atoms with Crippen molar-refractivity contribution in [1.29, 1.82) is 0 Å². The number of carbonyl (C=O) groups excluding carboxylic acids is 1. The SMILES string of the molecule is O=C(NC1CCCCC1)N1CCC(Cc2nncn2-c2ccccc2)CC1. The van der Waals surface area contributed by atoms with E-state index in [-0.39, 0.29) is 6.03 Å². The Morgan fingerprint density at radius 1 is 1.04 bits per heavy atom. The Labute approximate surface area is 161 Å². The predicted molar refractivity (Wildman–Crippen MR) is 105 cm³/mol. The average molecular weight is 367 g/mol. The molecule has 1 aromatic carbocycles. The van der Waals surface area contributed by atoms with Gasteiger partial charge >= 0.3 is 6.03 Å². The van der Waals surface area contributed by atoms with Crippen molar-refractivity contribution < 1.29 is 4.79 Å². The number of rotatable bonds is 4. The van der Waals surface area contributed by atoms with Gasteiger partial charge in [0.05, 0.1) is 0 Å². The summed E-state index contributed by atoms with van der Waals surface area (Å²) in [5, 5.41) is 11.7. The second kappa shape index (κ2) is 8.55. The molecule has 27 heavy (non-hydrogen) atoms. The summed E-state index contributed by atoms with van der Waals surface area (Å²) in [6.45, 7) is 1.67. The Bertz CT molecular complexity index is 730. The van der Waals surface area contributed by atoms with Gasteiger partial charge in [0.2, 0.25) is 0 Å². The number of para-hydroxylation sites is 1. The molecule has 2 heterocycles. The van der Waals surface area contributed by atoms with Crippen LogP contribution in [0.3, 0.4) is 0 Å². The molecule has 2 aromatic rings. The van der Waals surface area contributed by atoms with Crippen molar-refractivity contribution in [3.63, 3.8) is 0 Å². The minimum absolute atomic E-state index is 0.132. The Kier molecular flexibility index (Phi) is 5.70. The molecule has 6 nitrogen and oxygen atoms in total. The predicted octanol–water partition coefficient (Wildman–Crippen LogP) is 3.56. The van der Waals surface area contributed by atoms with E-state index in [9.17, 15) is 4.79 Å². The molecule has 1 saturated carbocycles. The number of carbonyl (C=O) groups is 1. The van der Waals surface area contributed by atoms with Gasteiger partial charge < -0.3 is 10.2 Å². The quantitative estimate of drug-likeness (QED) is 0.899. The summed E-state index contributed by atoms with van der Waals surface area (Å²) < 4.78 is 2.07. The van der Waals surface area contributed by atoms with Gasteiger partial charge in [0.1, 0.15) is 12.2 Å². The molecule has 1 N–H and O–H groups in total. The Hall–Kier alpha value is -2.37. The number of urea groups is 1. The van der Waals surface area contributed by atoms with Crippen LogP contribution in [0.2, 0.25) is 0 Å². The molecule has 1 aliphatic carbocycles. The van der Waals surface area contributed by atoms with E-state index < -0.39 is 0 Å². The second-order valence-electron chi connectivity index (χ2n) is 7.87. The average Bonchev–Trinajstić information content (AvgIpc) is 3.18. The molecule has 1 aliphatic heterocycles. The zero-order chi connectivity index (χ0) is 18.5. The van der Waals surface area contributed by atoms with Crippen molar-refractivity contribution in [3.8, 4) is 5.69 Å². The highest BCUT2D eigenvalue weighted by Crippen LogP contribution is 2.23. The number of hydrogen-bond donors (Lipinski definition) is 1. The summed E-state index contributed by atoms with van der Waals surface area (Å²) in [6, 6.07) is 10.7. The monoisotopic (exact) mass is 367 g/mol. The lowest BCUT2D eigenvalue weighted by Crippen LogP contribution is -2.48. The first-order valence-corrected chi connectivity index (χ1v) is 10.3. The molecule has 0 spiro atoms. The van der Waals surface area contributed by atoms with Crippen molar-refractivity contribution in [2.24, 2.45) is 5.92 Å². The minimum Gasteiger partial charge on any atom is -0.335 e. The van der Waals surface area contributed by atoms with Crippen LogP contribution < -0.4 is 5.32 Å². The third-order valence-corrected chi connectivity index (χ3v) is 5.96. The van der Waals surface area contributed by atoms with Crippen LogP contribution in [0, 0.1) is 5.92 Å². The normalized spacial score (nSPS) is 19.2. The molecule has 1 saturated heterocycles. The summed E-state index contributed by atoms with van der Waals surface area (Å²) in [7, 11) is 0. The van der Waals surface area contributed by atoms with Gasteiger partial charge in [-0.25, -0.2) is 4.79 Å². The zero-order valence-corrected chi connectivity index (χ0v) is 15.9. The van der Waals surface area contributed by atoms with E-state index in [4.69, 9.17) is 0 Å². The Balaban J connectivity index is 1.29. The number of nitrogens with zero attached hydrogens (tertiary/aromatic N) is 4. The molecule has 6 heteroatoms. The molecule has 0 radical (unpaired) electrons. The number of amides is 2. The molecule has 0 unspecified atom stereocenters. The van der Waals surface area contributed by atoms with Crippen molar-refractivity contribution in [2.75, 3.05) is 13.1 Å². The van der Waals surface area contributed by atoms with Crippen molar-refractivity contribution in [3.05, 3.63) is 42.5 Å². The maximum absolute atomic E-state index is 12.5. The molecule has 4 rings (SSSR count). The number of nitrogens with one attached hydrogen (secondary N) is 1. The Morgan fingerprint density at radius 3 is 2.52 bits per heavy atom. The minimum atomic E-state index is 0.132. The number of piperidine rings is 1. The van der Waals surface area contributed by atoms with Crippen molar-refractivity contribution in [1.82, 2.24) is 25.0 Å². The summed E-state index contributed by atoms with van der Waals surface area (Å²) in [5.74, 6) is 1.56. The lowest BCUT2D eigenvalue weighted by atomic mass is 9.93. The molecular weight excluding hydrogens is 338 g/mol. The number of likely N-dealkylation sites (tertiary alicyclic amines) is 1. The van der Waals surface area contributed by atoms with Gasteiger partial charge in [0.25, 0.3) is 0 Å². The van der Waals surface area contributed by atoms with Crippen LogP contribution in [0.1, 0.15) is 50.8 Å². The highest BCUT2D eigenvalue weighted by Gasteiger charge is 2.26. The highest BCUT2D eigenvalue weighted by atomic mass is 16.2. The number of hydrogen-bond acceptors (Lipinski definition) is 3. The van der Waals surface area contributed by atoms with Gasteiger partial charge in [-0.1, -0.05) is 37.5 Å². The Morgan fingerprint density at radius 2 is 1.78 bits per heavy atom. The van der Waals surface area contributed by atoms with E-state index in [2.05, 4.69) is 32.2 Å². The topological polar surface area (TPSA) is 63.1 Å². The van der Waals surface area contributed by atoms with Crippen LogP contribution in [0.25, 0.3) is 5.69 Å². The molecule has 0 bridgehead atoms. The molecule has 1 aromatic heterocycles. The fourth-order valence-electron chi connectivity index (χ4n) is 4.31. The molecular formula is C21H29N5O. The van der Waals surface area contributed by atoms with Crippen LogP contribution in [0.4, 0.5) is 4.79 Å². The maximum Gasteiger partial charge on any atom is 0.317 e. The smallest absolute Gasteiger partial charge is 0.317 e. The molecule has 144 valence electrons. The third kappa shape index (κ3) is 4.49. The fourth-order valence-corrected chi connectivity index (χ4v) is 4.31. The van der Waals surface area contributed by atoms with Gasteiger partial charge in [-0.3, -0.25) is 4.57 Å². The largest absolute Gasteiger partial charge is 0.335 e.